The van der Waals surface area contributed by atoms with E-state index in [0.29, 0.717) is 5.82 Å². The molecule has 1 unspecified atom stereocenters. The summed E-state index contributed by atoms with van der Waals surface area (Å²) >= 11 is 0. The number of nitrogens with one attached hydrogen (secondary N) is 1. The monoisotopic (exact) mass is 233 g/mol. The molecular formula is C12H15N3O2. The van der Waals surface area contributed by atoms with Crippen molar-refractivity contribution in [2.45, 2.75) is 13.0 Å². The Morgan fingerprint density at radius 1 is 1.53 bits per heavy atom. The van der Waals surface area contributed by atoms with Gasteiger partial charge in [0, 0.05) is 13.6 Å². The van der Waals surface area contributed by atoms with E-state index in [1.165, 1.54) is 0 Å². The van der Waals surface area contributed by atoms with E-state index in [1.807, 2.05) is 24.3 Å². The number of para-hydroxylation sites is 2. The number of aliphatic hydroxyl groups excluding tert-OH is 1. The van der Waals surface area contributed by atoms with Crippen LogP contribution < -0.4 is 5.32 Å². The van der Waals surface area contributed by atoms with Crippen LogP contribution in [-0.4, -0.2) is 33.2 Å². The molecule has 0 spiro atoms. The maximum atomic E-state index is 11.8. The van der Waals surface area contributed by atoms with Crippen LogP contribution in [0.1, 0.15) is 17.5 Å². The zero-order chi connectivity index (χ0) is 12.4. The van der Waals surface area contributed by atoms with E-state index >= 15 is 0 Å². The van der Waals surface area contributed by atoms with Gasteiger partial charge in [-0.2, -0.15) is 0 Å². The van der Waals surface area contributed by atoms with Gasteiger partial charge in [-0.1, -0.05) is 12.1 Å². The standard InChI is InChI=1S/C12H15N3O2/c1-8(16)7-13-12(17)11-14-9-5-3-4-6-10(9)15(11)2/h3-6,8,16H,7H2,1-2H3,(H,13,17). The molecule has 1 aromatic carbocycles. The highest BCUT2D eigenvalue weighted by Crippen LogP contribution is 2.13. The number of benzene rings is 1. The fraction of sp³-hybridized carbons (Fsp3) is 0.333. The quantitative estimate of drug-likeness (QED) is 0.819. The van der Waals surface area contributed by atoms with Crippen molar-refractivity contribution in [1.29, 1.82) is 0 Å². The number of aliphatic hydroxyl groups is 1. The zero-order valence-corrected chi connectivity index (χ0v) is 9.84. The molecule has 0 aliphatic heterocycles. The lowest BCUT2D eigenvalue weighted by atomic mass is 10.3. The molecule has 0 aliphatic rings. The number of imidazole rings is 1. The normalized spacial score (nSPS) is 12.6. The first-order chi connectivity index (χ1) is 8.09. The summed E-state index contributed by atoms with van der Waals surface area (Å²) in [5.74, 6) is 0.0800. The Morgan fingerprint density at radius 3 is 2.88 bits per heavy atom. The Hall–Kier alpha value is -1.88. The van der Waals surface area contributed by atoms with Crippen LogP contribution >= 0.6 is 0 Å². The summed E-state index contributed by atoms with van der Waals surface area (Å²) in [6.45, 7) is 1.84. The number of hydrogen-bond donors (Lipinski definition) is 2. The SMILES string of the molecule is CC(O)CNC(=O)c1nc2ccccc2n1C. The Kier molecular flexibility index (Phi) is 3.10. The maximum Gasteiger partial charge on any atom is 0.287 e. The molecule has 2 N–H and O–H groups in total. The highest BCUT2D eigenvalue weighted by Gasteiger charge is 2.14. The molecule has 1 aromatic heterocycles. The molecule has 0 saturated heterocycles. The zero-order valence-electron chi connectivity index (χ0n) is 9.84. The summed E-state index contributed by atoms with van der Waals surface area (Å²) in [4.78, 5) is 16.1. The molecule has 5 heteroatoms. The van der Waals surface area contributed by atoms with Crippen molar-refractivity contribution in [1.82, 2.24) is 14.9 Å². The van der Waals surface area contributed by atoms with E-state index in [9.17, 15) is 4.79 Å². The minimum Gasteiger partial charge on any atom is -0.392 e. The van der Waals surface area contributed by atoms with Crippen molar-refractivity contribution < 1.29 is 9.90 Å². The van der Waals surface area contributed by atoms with Crippen LogP contribution in [0.25, 0.3) is 11.0 Å². The summed E-state index contributed by atoms with van der Waals surface area (Å²) < 4.78 is 1.74. The largest absolute Gasteiger partial charge is 0.392 e. The number of aryl methyl sites for hydroxylation is 1. The summed E-state index contributed by atoms with van der Waals surface area (Å²) in [5.41, 5.74) is 1.70. The van der Waals surface area contributed by atoms with E-state index in [1.54, 1.807) is 18.5 Å². The highest BCUT2D eigenvalue weighted by atomic mass is 16.3. The van der Waals surface area contributed by atoms with Crippen molar-refractivity contribution in [3.05, 3.63) is 30.1 Å². The van der Waals surface area contributed by atoms with E-state index in [0.717, 1.165) is 11.0 Å². The molecule has 0 saturated carbocycles. The Labute approximate surface area is 99.1 Å². The predicted molar refractivity (Wildman–Crippen MR) is 64.7 cm³/mol. The lowest BCUT2D eigenvalue weighted by molar-refractivity contribution is 0.0911. The van der Waals surface area contributed by atoms with Gasteiger partial charge in [-0.3, -0.25) is 4.79 Å². The molecule has 90 valence electrons. The van der Waals surface area contributed by atoms with Crippen LogP contribution in [0.15, 0.2) is 24.3 Å². The fourth-order valence-electron chi connectivity index (χ4n) is 1.67. The molecule has 1 atom stereocenters. The van der Waals surface area contributed by atoms with Gasteiger partial charge in [0.2, 0.25) is 0 Å². The second-order valence-corrected chi connectivity index (χ2v) is 4.04. The lowest BCUT2D eigenvalue weighted by Crippen LogP contribution is -2.32. The topological polar surface area (TPSA) is 67.2 Å². The fourth-order valence-corrected chi connectivity index (χ4v) is 1.67. The number of hydrogen-bond acceptors (Lipinski definition) is 3. The minimum atomic E-state index is -0.561. The molecule has 0 radical (unpaired) electrons. The molecule has 0 bridgehead atoms. The first-order valence-corrected chi connectivity index (χ1v) is 5.47. The van der Waals surface area contributed by atoms with Crippen molar-refractivity contribution in [2.24, 2.45) is 7.05 Å². The number of fused-ring (bicyclic) bond motifs is 1. The maximum absolute atomic E-state index is 11.8. The third kappa shape index (κ3) is 2.29. The Balaban J connectivity index is 2.29. The smallest absolute Gasteiger partial charge is 0.287 e. The van der Waals surface area contributed by atoms with Gasteiger partial charge in [0.05, 0.1) is 17.1 Å². The lowest BCUT2D eigenvalue weighted by Gasteiger charge is -2.06. The summed E-state index contributed by atoms with van der Waals surface area (Å²) in [7, 11) is 1.80. The second-order valence-electron chi connectivity index (χ2n) is 4.04. The molecule has 0 fully saturated rings. The molecular weight excluding hydrogens is 218 g/mol. The molecule has 17 heavy (non-hydrogen) atoms. The molecule has 2 aromatic rings. The highest BCUT2D eigenvalue weighted by molar-refractivity contribution is 5.94. The third-order valence-corrected chi connectivity index (χ3v) is 2.55. The van der Waals surface area contributed by atoms with E-state index in [2.05, 4.69) is 10.3 Å². The van der Waals surface area contributed by atoms with E-state index in [4.69, 9.17) is 5.11 Å². The number of aromatic nitrogens is 2. The molecule has 5 nitrogen and oxygen atoms in total. The van der Waals surface area contributed by atoms with Crippen molar-refractivity contribution in [3.63, 3.8) is 0 Å². The number of rotatable bonds is 3. The van der Waals surface area contributed by atoms with E-state index < -0.39 is 6.10 Å². The van der Waals surface area contributed by atoms with Crippen LogP contribution in [0.4, 0.5) is 0 Å². The van der Waals surface area contributed by atoms with Gasteiger partial charge in [0.25, 0.3) is 5.91 Å². The second kappa shape index (κ2) is 4.55. The van der Waals surface area contributed by atoms with Crippen LogP contribution in [0.3, 0.4) is 0 Å². The van der Waals surface area contributed by atoms with Crippen molar-refractivity contribution in [2.75, 3.05) is 6.54 Å². The van der Waals surface area contributed by atoms with Gasteiger partial charge in [-0.25, -0.2) is 4.98 Å². The van der Waals surface area contributed by atoms with Crippen LogP contribution in [0.5, 0.6) is 0 Å². The summed E-state index contributed by atoms with van der Waals surface area (Å²) in [6, 6.07) is 7.56. The van der Waals surface area contributed by atoms with Gasteiger partial charge in [-0.05, 0) is 19.1 Å². The van der Waals surface area contributed by atoms with Crippen LogP contribution in [0, 0.1) is 0 Å². The number of carbonyl (C=O) groups is 1. The van der Waals surface area contributed by atoms with E-state index in [-0.39, 0.29) is 12.5 Å². The van der Waals surface area contributed by atoms with Crippen LogP contribution in [-0.2, 0) is 7.05 Å². The van der Waals surface area contributed by atoms with Crippen molar-refractivity contribution >= 4 is 16.9 Å². The van der Waals surface area contributed by atoms with Crippen LogP contribution in [0.2, 0.25) is 0 Å². The molecule has 1 heterocycles. The summed E-state index contributed by atoms with van der Waals surface area (Å²) in [5, 5.41) is 11.7. The molecule has 0 aliphatic carbocycles. The predicted octanol–water partition coefficient (Wildman–Crippen LogP) is 0.684. The Morgan fingerprint density at radius 2 is 2.24 bits per heavy atom. The minimum absolute atomic E-state index is 0.224. The first kappa shape index (κ1) is 11.6. The van der Waals surface area contributed by atoms with Gasteiger partial charge < -0.3 is 15.0 Å². The average Bonchev–Trinajstić information content (AvgIpc) is 2.64. The van der Waals surface area contributed by atoms with Crippen molar-refractivity contribution in [3.8, 4) is 0 Å². The molecule has 1 amide bonds. The number of nitrogens with zero attached hydrogens (tertiary/aromatic N) is 2. The number of amides is 1. The van der Waals surface area contributed by atoms with Gasteiger partial charge in [0.15, 0.2) is 5.82 Å². The molecule has 2 rings (SSSR count). The third-order valence-electron chi connectivity index (χ3n) is 2.55. The van der Waals surface area contributed by atoms with Gasteiger partial charge in [-0.15, -0.1) is 0 Å². The first-order valence-electron chi connectivity index (χ1n) is 5.47. The number of carbonyl (C=O) groups excluding carboxylic acids is 1. The van der Waals surface area contributed by atoms with Gasteiger partial charge in [0.1, 0.15) is 0 Å². The Bertz CT molecular complexity index is 546. The summed E-state index contributed by atoms with van der Waals surface area (Å²) in [6.07, 6.45) is -0.561. The average molecular weight is 233 g/mol. The van der Waals surface area contributed by atoms with Gasteiger partial charge >= 0.3 is 0 Å².